The van der Waals surface area contributed by atoms with Gasteiger partial charge in [-0.25, -0.2) is 0 Å². The molecule has 2 atom stereocenters. The number of alkyl halides is 3. The molecule has 4 nitrogen and oxygen atoms in total. The summed E-state index contributed by atoms with van der Waals surface area (Å²) in [5.41, 5.74) is 0.00976. The lowest BCUT2D eigenvalue weighted by Gasteiger charge is -2.13. The molecule has 1 aliphatic rings. The van der Waals surface area contributed by atoms with Crippen LogP contribution in [-0.4, -0.2) is 11.8 Å². The third-order valence-electron chi connectivity index (χ3n) is 4.48. The Bertz CT molecular complexity index is 899. The van der Waals surface area contributed by atoms with Crippen molar-refractivity contribution in [2.75, 3.05) is 10.6 Å². The highest BCUT2D eigenvalue weighted by atomic mass is 35.5. The van der Waals surface area contributed by atoms with Gasteiger partial charge in [0.1, 0.15) is 0 Å². The first-order valence-electron chi connectivity index (χ1n) is 8.21. The van der Waals surface area contributed by atoms with Gasteiger partial charge in [-0.3, -0.25) is 9.59 Å². The number of anilines is 2. The Morgan fingerprint density at radius 3 is 2.15 bits per heavy atom. The van der Waals surface area contributed by atoms with Gasteiger partial charge >= 0.3 is 6.18 Å². The summed E-state index contributed by atoms with van der Waals surface area (Å²) < 4.78 is 39.0. The lowest BCUT2D eigenvalue weighted by atomic mass is 10.1. The summed E-state index contributed by atoms with van der Waals surface area (Å²) in [6.45, 7) is 1.75. The number of benzene rings is 2. The van der Waals surface area contributed by atoms with Crippen LogP contribution in [0.3, 0.4) is 0 Å². The van der Waals surface area contributed by atoms with Crippen LogP contribution in [0.15, 0.2) is 42.5 Å². The van der Waals surface area contributed by atoms with E-state index in [2.05, 4.69) is 10.6 Å². The van der Waals surface area contributed by atoms with Crippen molar-refractivity contribution in [1.82, 2.24) is 0 Å². The van der Waals surface area contributed by atoms with Gasteiger partial charge in [0, 0.05) is 10.7 Å². The fourth-order valence-electron chi connectivity index (χ4n) is 2.81. The van der Waals surface area contributed by atoms with Crippen LogP contribution < -0.4 is 10.6 Å². The van der Waals surface area contributed by atoms with Gasteiger partial charge in [0.15, 0.2) is 0 Å². The van der Waals surface area contributed by atoms with E-state index in [-0.39, 0.29) is 18.0 Å². The molecule has 8 heteroatoms. The van der Waals surface area contributed by atoms with Gasteiger partial charge in [-0.2, -0.15) is 13.2 Å². The van der Waals surface area contributed by atoms with E-state index in [1.54, 1.807) is 25.1 Å². The number of rotatable bonds is 4. The number of carbonyl (C=O) groups is 2. The van der Waals surface area contributed by atoms with Gasteiger partial charge in [-0.15, -0.1) is 0 Å². The summed E-state index contributed by atoms with van der Waals surface area (Å²) in [4.78, 5) is 24.6. The molecule has 2 aromatic rings. The van der Waals surface area contributed by atoms with Crippen molar-refractivity contribution in [1.29, 1.82) is 0 Å². The molecule has 2 N–H and O–H groups in total. The van der Waals surface area contributed by atoms with Crippen LogP contribution in [0.5, 0.6) is 0 Å². The van der Waals surface area contributed by atoms with E-state index in [0.29, 0.717) is 16.3 Å². The van der Waals surface area contributed by atoms with Crippen molar-refractivity contribution in [3.05, 3.63) is 58.6 Å². The van der Waals surface area contributed by atoms with E-state index < -0.39 is 29.5 Å². The molecule has 0 aromatic heterocycles. The fourth-order valence-corrected chi connectivity index (χ4v) is 2.98. The molecule has 0 bridgehead atoms. The van der Waals surface area contributed by atoms with E-state index in [0.717, 1.165) is 6.07 Å². The summed E-state index contributed by atoms with van der Waals surface area (Å²) in [6, 6.07) is 9.81. The highest BCUT2D eigenvalue weighted by molar-refractivity contribution is 6.31. The zero-order valence-electron chi connectivity index (χ0n) is 14.2. The third kappa shape index (κ3) is 4.24. The van der Waals surface area contributed by atoms with Crippen molar-refractivity contribution in [3.63, 3.8) is 0 Å². The Balaban J connectivity index is 1.64. The monoisotopic (exact) mass is 396 g/mol. The normalized spacial score (nSPS) is 18.7. The molecule has 2 aromatic carbocycles. The lowest BCUT2D eigenvalue weighted by Crippen LogP contribution is -2.22. The summed E-state index contributed by atoms with van der Waals surface area (Å²) in [7, 11) is 0. The van der Waals surface area contributed by atoms with Gasteiger partial charge in [0.05, 0.1) is 23.1 Å². The standard InChI is InChI=1S/C19H16ClF3N2O2/c1-10-14(20)6-4-8-15(10)24-17(26)11-9-12(11)18(27)25-16-7-3-2-5-13(16)19(21,22)23/h2-8,11-12H,9H2,1H3,(H,24,26)(H,25,27). The average molecular weight is 397 g/mol. The van der Waals surface area contributed by atoms with Crippen LogP contribution in [0.4, 0.5) is 24.5 Å². The molecule has 27 heavy (non-hydrogen) atoms. The van der Waals surface area contributed by atoms with Crippen LogP contribution >= 0.6 is 11.6 Å². The molecule has 1 fully saturated rings. The summed E-state index contributed by atoms with van der Waals surface area (Å²) in [5.74, 6) is -2.20. The largest absolute Gasteiger partial charge is 0.418 e. The highest BCUT2D eigenvalue weighted by Gasteiger charge is 2.48. The van der Waals surface area contributed by atoms with Crippen molar-refractivity contribution >= 4 is 34.8 Å². The van der Waals surface area contributed by atoms with E-state index >= 15 is 0 Å². The molecule has 142 valence electrons. The van der Waals surface area contributed by atoms with Gasteiger partial charge in [0.2, 0.25) is 11.8 Å². The predicted molar refractivity (Wildman–Crippen MR) is 96.5 cm³/mol. The van der Waals surface area contributed by atoms with E-state index in [9.17, 15) is 22.8 Å². The van der Waals surface area contributed by atoms with Crippen LogP contribution in [0.2, 0.25) is 5.02 Å². The lowest BCUT2D eigenvalue weighted by molar-refractivity contribution is -0.137. The molecule has 3 rings (SSSR count). The topological polar surface area (TPSA) is 58.2 Å². The predicted octanol–water partition coefficient (Wildman–Crippen LogP) is 4.88. The first-order valence-corrected chi connectivity index (χ1v) is 8.59. The molecule has 0 aliphatic heterocycles. The average Bonchev–Trinajstić information content (AvgIpc) is 3.39. The smallest absolute Gasteiger partial charge is 0.326 e. The van der Waals surface area contributed by atoms with E-state index in [1.165, 1.54) is 18.2 Å². The highest BCUT2D eigenvalue weighted by Crippen LogP contribution is 2.42. The minimum atomic E-state index is -4.58. The molecule has 0 heterocycles. The first kappa shape index (κ1) is 19.2. The maximum absolute atomic E-state index is 13.0. The summed E-state index contributed by atoms with van der Waals surface area (Å²) in [6.07, 6.45) is -4.29. The maximum Gasteiger partial charge on any atom is 0.418 e. The second-order valence-electron chi connectivity index (χ2n) is 6.38. The summed E-state index contributed by atoms with van der Waals surface area (Å²) >= 11 is 6.01. The molecule has 2 unspecified atom stereocenters. The van der Waals surface area contributed by atoms with Crippen LogP contribution in [0, 0.1) is 18.8 Å². The zero-order valence-corrected chi connectivity index (χ0v) is 15.0. The van der Waals surface area contributed by atoms with Crippen molar-refractivity contribution < 1.29 is 22.8 Å². The minimum Gasteiger partial charge on any atom is -0.326 e. The molecule has 0 radical (unpaired) electrons. The molecular formula is C19H16ClF3N2O2. The minimum absolute atomic E-state index is 0.283. The van der Waals surface area contributed by atoms with Crippen LogP contribution in [0.25, 0.3) is 0 Å². The Labute approximate surface area is 158 Å². The Kier molecular flexibility index (Phi) is 5.15. The van der Waals surface area contributed by atoms with Crippen molar-refractivity contribution in [3.8, 4) is 0 Å². The molecule has 0 spiro atoms. The van der Waals surface area contributed by atoms with Gasteiger partial charge in [-0.05, 0) is 43.2 Å². The number of amides is 2. The molecular weight excluding hydrogens is 381 g/mol. The fraction of sp³-hybridized carbons (Fsp3) is 0.263. The zero-order chi connectivity index (χ0) is 19.8. The Morgan fingerprint density at radius 1 is 0.963 bits per heavy atom. The number of hydrogen-bond donors (Lipinski definition) is 2. The van der Waals surface area contributed by atoms with E-state index in [1.807, 2.05) is 0 Å². The molecule has 1 aliphatic carbocycles. The van der Waals surface area contributed by atoms with Gasteiger partial charge < -0.3 is 10.6 Å². The summed E-state index contributed by atoms with van der Waals surface area (Å²) in [5, 5.41) is 5.50. The van der Waals surface area contributed by atoms with Crippen molar-refractivity contribution in [2.45, 2.75) is 19.5 Å². The Hall–Kier alpha value is -2.54. The first-order chi connectivity index (χ1) is 12.7. The van der Waals surface area contributed by atoms with Crippen LogP contribution in [-0.2, 0) is 15.8 Å². The van der Waals surface area contributed by atoms with Gasteiger partial charge in [-0.1, -0.05) is 29.8 Å². The number of halogens is 4. The SMILES string of the molecule is Cc1c(Cl)cccc1NC(=O)C1CC1C(=O)Nc1ccccc1C(F)(F)F. The van der Waals surface area contributed by atoms with Gasteiger partial charge in [0.25, 0.3) is 0 Å². The number of para-hydroxylation sites is 1. The van der Waals surface area contributed by atoms with E-state index in [4.69, 9.17) is 11.6 Å². The molecule has 1 saturated carbocycles. The van der Waals surface area contributed by atoms with Crippen molar-refractivity contribution in [2.24, 2.45) is 11.8 Å². The molecule has 0 saturated heterocycles. The number of nitrogens with one attached hydrogen (secondary N) is 2. The second kappa shape index (κ2) is 7.23. The van der Waals surface area contributed by atoms with Crippen LogP contribution in [0.1, 0.15) is 17.5 Å². The number of hydrogen-bond acceptors (Lipinski definition) is 2. The number of carbonyl (C=O) groups excluding carboxylic acids is 2. The molecule has 2 amide bonds. The maximum atomic E-state index is 13.0. The third-order valence-corrected chi connectivity index (χ3v) is 4.89. The Morgan fingerprint density at radius 2 is 1.52 bits per heavy atom. The second-order valence-corrected chi connectivity index (χ2v) is 6.79. The quantitative estimate of drug-likeness (QED) is 0.773.